The zero-order valence-corrected chi connectivity index (χ0v) is 12.8. The maximum atomic E-state index is 11.8. The van der Waals surface area contributed by atoms with Gasteiger partial charge in [-0.3, -0.25) is 0 Å². The number of carbonyl (C=O) groups is 1. The Kier molecular flexibility index (Phi) is 6.05. The summed E-state index contributed by atoms with van der Waals surface area (Å²) in [6.07, 6.45) is 4.55. The van der Waals surface area contributed by atoms with E-state index in [2.05, 4.69) is 0 Å². The van der Waals surface area contributed by atoms with Gasteiger partial charge in [0.2, 0.25) is 0 Å². The number of unbranched alkanes of at least 4 members (excludes halogenated alkanes) is 1. The van der Waals surface area contributed by atoms with Crippen LogP contribution in [0, 0.1) is 0 Å². The molecule has 2 atom stereocenters. The third kappa shape index (κ3) is 5.76. The lowest BCUT2D eigenvalue weighted by Crippen LogP contribution is -2.13. The highest BCUT2D eigenvalue weighted by Crippen LogP contribution is 2.17. The molecule has 1 aromatic rings. The maximum absolute atomic E-state index is 11.8. The number of epoxide rings is 1. The average Bonchev–Trinajstić information content (AvgIpc) is 3.31. The monoisotopic (exact) mass is 292 g/mol. The zero-order chi connectivity index (χ0) is 15.1. The molecule has 2 rings (SSSR count). The van der Waals surface area contributed by atoms with Gasteiger partial charge in [0.15, 0.2) is 0 Å². The molecular weight excluding hydrogens is 268 g/mol. The van der Waals surface area contributed by atoms with Crippen molar-refractivity contribution >= 4 is 5.97 Å². The second-order valence-corrected chi connectivity index (χ2v) is 5.45. The molecule has 0 N–H and O–H groups in total. The van der Waals surface area contributed by atoms with Gasteiger partial charge < -0.3 is 14.2 Å². The van der Waals surface area contributed by atoms with Crippen molar-refractivity contribution in [2.45, 2.75) is 51.7 Å². The molecule has 4 heteroatoms. The zero-order valence-electron chi connectivity index (χ0n) is 12.8. The van der Waals surface area contributed by atoms with Crippen molar-refractivity contribution in [2.24, 2.45) is 0 Å². The van der Waals surface area contributed by atoms with Gasteiger partial charge in [-0.1, -0.05) is 6.92 Å². The molecule has 4 nitrogen and oxygen atoms in total. The normalized spacial score (nSPS) is 18.1. The summed E-state index contributed by atoms with van der Waals surface area (Å²) in [4.78, 5) is 11.8. The van der Waals surface area contributed by atoms with Gasteiger partial charge in [0.1, 0.15) is 5.75 Å². The van der Waals surface area contributed by atoms with E-state index in [1.807, 2.05) is 26.0 Å². The third-order valence-corrected chi connectivity index (χ3v) is 3.56. The van der Waals surface area contributed by atoms with Crippen LogP contribution in [0.1, 0.15) is 49.9 Å². The van der Waals surface area contributed by atoms with Crippen molar-refractivity contribution in [3.05, 3.63) is 29.8 Å². The molecule has 0 aromatic heterocycles. The highest BCUT2D eigenvalue weighted by Gasteiger charge is 2.20. The predicted molar refractivity (Wildman–Crippen MR) is 80.7 cm³/mol. The molecule has 0 aliphatic carbocycles. The van der Waals surface area contributed by atoms with E-state index in [1.54, 1.807) is 12.1 Å². The van der Waals surface area contributed by atoms with E-state index in [-0.39, 0.29) is 12.1 Å². The Balaban J connectivity index is 1.69. The summed E-state index contributed by atoms with van der Waals surface area (Å²) >= 11 is 0. The number of ether oxygens (including phenoxy) is 3. The molecule has 1 saturated heterocycles. The second kappa shape index (κ2) is 8.03. The summed E-state index contributed by atoms with van der Waals surface area (Å²) in [5.74, 6) is 0.512. The molecule has 0 amide bonds. The Morgan fingerprint density at radius 1 is 1.33 bits per heavy atom. The van der Waals surface area contributed by atoms with E-state index < -0.39 is 0 Å². The Labute approximate surface area is 126 Å². The highest BCUT2D eigenvalue weighted by atomic mass is 16.6. The van der Waals surface area contributed by atoms with Gasteiger partial charge in [-0.2, -0.15) is 0 Å². The number of benzene rings is 1. The van der Waals surface area contributed by atoms with Gasteiger partial charge in [0.25, 0.3) is 0 Å². The van der Waals surface area contributed by atoms with Crippen LogP contribution in [0.4, 0.5) is 0 Å². The molecule has 0 spiro atoms. The van der Waals surface area contributed by atoms with E-state index in [4.69, 9.17) is 14.2 Å². The molecule has 1 aliphatic rings. The number of carbonyl (C=O) groups excluding carboxylic acids is 1. The van der Waals surface area contributed by atoms with Crippen LogP contribution in [-0.4, -0.2) is 31.4 Å². The number of hydrogen-bond donors (Lipinski definition) is 0. The van der Waals surface area contributed by atoms with Crippen LogP contribution in [0.3, 0.4) is 0 Å². The van der Waals surface area contributed by atoms with Crippen LogP contribution in [0.5, 0.6) is 5.75 Å². The van der Waals surface area contributed by atoms with Crippen LogP contribution in [-0.2, 0) is 9.47 Å². The summed E-state index contributed by atoms with van der Waals surface area (Å²) in [6.45, 7) is 5.50. The maximum Gasteiger partial charge on any atom is 0.338 e. The van der Waals surface area contributed by atoms with E-state index in [9.17, 15) is 4.79 Å². The van der Waals surface area contributed by atoms with Gasteiger partial charge in [-0.25, -0.2) is 4.79 Å². The first-order valence-corrected chi connectivity index (χ1v) is 7.74. The molecule has 21 heavy (non-hydrogen) atoms. The minimum absolute atomic E-state index is 0.0520. The largest absolute Gasteiger partial charge is 0.494 e. The Morgan fingerprint density at radius 2 is 2.05 bits per heavy atom. The van der Waals surface area contributed by atoms with Crippen LogP contribution in [0.2, 0.25) is 0 Å². The van der Waals surface area contributed by atoms with Crippen molar-refractivity contribution < 1.29 is 19.0 Å². The summed E-state index contributed by atoms with van der Waals surface area (Å²) in [7, 11) is 0. The lowest BCUT2D eigenvalue weighted by atomic mass is 10.2. The van der Waals surface area contributed by atoms with Crippen molar-refractivity contribution in [1.82, 2.24) is 0 Å². The lowest BCUT2D eigenvalue weighted by Gasteiger charge is -2.11. The van der Waals surface area contributed by atoms with Crippen LogP contribution < -0.4 is 4.74 Å². The summed E-state index contributed by atoms with van der Waals surface area (Å²) < 4.78 is 16.1. The molecular formula is C17H24O4. The first-order chi connectivity index (χ1) is 10.2. The van der Waals surface area contributed by atoms with Crippen LogP contribution >= 0.6 is 0 Å². The van der Waals surface area contributed by atoms with Crippen molar-refractivity contribution in [1.29, 1.82) is 0 Å². The molecule has 2 unspecified atom stereocenters. The Bertz CT molecular complexity index is 437. The predicted octanol–water partition coefficient (Wildman–Crippen LogP) is 3.59. The minimum atomic E-state index is -0.277. The number of esters is 1. The van der Waals surface area contributed by atoms with E-state index in [1.165, 1.54) is 0 Å². The lowest BCUT2D eigenvalue weighted by molar-refractivity contribution is 0.0334. The summed E-state index contributed by atoms with van der Waals surface area (Å²) in [5.41, 5.74) is 0.563. The Morgan fingerprint density at radius 3 is 2.67 bits per heavy atom. The third-order valence-electron chi connectivity index (χ3n) is 3.56. The van der Waals surface area contributed by atoms with Gasteiger partial charge in [-0.15, -0.1) is 0 Å². The minimum Gasteiger partial charge on any atom is -0.494 e. The fraction of sp³-hybridized carbons (Fsp3) is 0.588. The summed E-state index contributed by atoms with van der Waals surface area (Å²) in [6, 6.07) is 7.13. The molecule has 116 valence electrons. The molecule has 0 bridgehead atoms. The van der Waals surface area contributed by atoms with Gasteiger partial charge in [-0.05, 0) is 56.9 Å². The van der Waals surface area contributed by atoms with Gasteiger partial charge >= 0.3 is 5.97 Å². The van der Waals surface area contributed by atoms with Crippen molar-refractivity contribution in [2.75, 3.05) is 13.2 Å². The summed E-state index contributed by atoms with van der Waals surface area (Å²) in [5, 5.41) is 0. The van der Waals surface area contributed by atoms with E-state index in [0.29, 0.717) is 18.3 Å². The van der Waals surface area contributed by atoms with E-state index >= 15 is 0 Å². The Hall–Kier alpha value is -1.55. The first kappa shape index (κ1) is 15.8. The number of hydrogen-bond acceptors (Lipinski definition) is 4. The molecule has 1 heterocycles. The molecule has 1 fully saturated rings. The molecule has 0 saturated carbocycles. The average molecular weight is 292 g/mol. The van der Waals surface area contributed by atoms with Crippen LogP contribution in [0.25, 0.3) is 0 Å². The second-order valence-electron chi connectivity index (χ2n) is 5.45. The molecule has 1 aliphatic heterocycles. The quantitative estimate of drug-likeness (QED) is 0.396. The first-order valence-electron chi connectivity index (χ1n) is 7.74. The van der Waals surface area contributed by atoms with Crippen molar-refractivity contribution in [3.63, 3.8) is 0 Å². The van der Waals surface area contributed by atoms with E-state index in [0.717, 1.165) is 38.0 Å². The smallest absolute Gasteiger partial charge is 0.338 e. The SMILES string of the molecule is CCC(C)OC(=O)c1ccc(OCCCCC2CO2)cc1. The molecule has 1 aromatic carbocycles. The standard InChI is InChI=1S/C17H24O4/c1-3-13(2)21-17(18)14-7-9-15(10-8-14)19-11-5-4-6-16-12-20-16/h7-10,13,16H,3-6,11-12H2,1-2H3. The van der Waals surface area contributed by atoms with Gasteiger partial charge in [0.05, 0.1) is 31.0 Å². The highest BCUT2D eigenvalue weighted by molar-refractivity contribution is 5.89. The molecule has 0 radical (unpaired) electrons. The topological polar surface area (TPSA) is 48.1 Å². The van der Waals surface area contributed by atoms with Crippen LogP contribution in [0.15, 0.2) is 24.3 Å². The van der Waals surface area contributed by atoms with Crippen molar-refractivity contribution in [3.8, 4) is 5.75 Å². The fourth-order valence-electron chi connectivity index (χ4n) is 1.92. The van der Waals surface area contributed by atoms with Gasteiger partial charge in [0, 0.05) is 0 Å². The number of rotatable bonds is 9. The fourth-order valence-corrected chi connectivity index (χ4v) is 1.92.